The van der Waals surface area contributed by atoms with Gasteiger partial charge in [0.2, 0.25) is 5.91 Å². The van der Waals surface area contributed by atoms with Crippen molar-refractivity contribution in [2.45, 2.75) is 20.8 Å². The molecular formula is C20H25N3O5S. The van der Waals surface area contributed by atoms with E-state index in [-0.39, 0.29) is 24.3 Å². The van der Waals surface area contributed by atoms with E-state index in [9.17, 15) is 14.4 Å². The van der Waals surface area contributed by atoms with Crippen molar-refractivity contribution in [2.24, 2.45) is 0 Å². The lowest BCUT2D eigenvalue weighted by Crippen LogP contribution is -2.50. The number of aryl methyl sites for hydroxylation is 2. The Hall–Kier alpha value is -2.65. The molecule has 9 heteroatoms. The van der Waals surface area contributed by atoms with Crippen molar-refractivity contribution in [3.8, 4) is 0 Å². The third-order valence-electron chi connectivity index (χ3n) is 4.62. The molecule has 0 bridgehead atoms. The lowest BCUT2D eigenvalue weighted by molar-refractivity contribution is -0.117. The molecular weight excluding hydrogens is 394 g/mol. The van der Waals surface area contributed by atoms with Gasteiger partial charge in [-0.3, -0.25) is 14.5 Å². The number of esters is 1. The minimum atomic E-state index is -0.372. The first kappa shape index (κ1) is 21.1. The molecule has 1 saturated heterocycles. The number of furan rings is 1. The van der Waals surface area contributed by atoms with Crippen molar-refractivity contribution in [1.29, 1.82) is 0 Å². The van der Waals surface area contributed by atoms with E-state index >= 15 is 0 Å². The zero-order chi connectivity index (χ0) is 21.0. The number of nitrogens with zero attached hydrogens (tertiary/aromatic N) is 2. The van der Waals surface area contributed by atoms with Gasteiger partial charge in [0.25, 0.3) is 5.91 Å². The van der Waals surface area contributed by atoms with Crippen LogP contribution >= 0.6 is 11.3 Å². The van der Waals surface area contributed by atoms with Gasteiger partial charge in [-0.25, -0.2) is 4.79 Å². The molecule has 1 N–H and O–H groups in total. The summed E-state index contributed by atoms with van der Waals surface area (Å²) < 4.78 is 10.4. The van der Waals surface area contributed by atoms with E-state index in [2.05, 4.69) is 5.32 Å². The first-order valence-corrected chi connectivity index (χ1v) is 10.3. The molecule has 8 nitrogen and oxygen atoms in total. The Labute approximate surface area is 173 Å². The molecule has 0 aliphatic carbocycles. The Morgan fingerprint density at radius 1 is 1.17 bits per heavy atom. The highest BCUT2D eigenvalue weighted by Crippen LogP contribution is 2.27. The Bertz CT molecular complexity index is 896. The highest BCUT2D eigenvalue weighted by atomic mass is 32.1. The summed E-state index contributed by atoms with van der Waals surface area (Å²) in [4.78, 5) is 40.9. The number of carbonyl (C=O) groups is 3. The van der Waals surface area contributed by atoms with E-state index in [0.29, 0.717) is 54.2 Å². The maximum absolute atomic E-state index is 12.4. The topological polar surface area (TPSA) is 92.1 Å². The Balaban J connectivity index is 1.48. The van der Waals surface area contributed by atoms with Crippen molar-refractivity contribution < 1.29 is 23.5 Å². The van der Waals surface area contributed by atoms with E-state index in [1.54, 1.807) is 36.9 Å². The van der Waals surface area contributed by atoms with Crippen LogP contribution in [-0.2, 0) is 9.53 Å². The highest BCUT2D eigenvalue weighted by molar-refractivity contribution is 7.18. The van der Waals surface area contributed by atoms with E-state index in [4.69, 9.17) is 9.15 Å². The van der Waals surface area contributed by atoms with Crippen molar-refractivity contribution in [3.63, 3.8) is 0 Å². The monoisotopic (exact) mass is 419 g/mol. The fourth-order valence-electron chi connectivity index (χ4n) is 3.14. The summed E-state index contributed by atoms with van der Waals surface area (Å²) in [5.41, 5.74) is 0.782. The van der Waals surface area contributed by atoms with Crippen molar-refractivity contribution in [2.75, 3.05) is 44.6 Å². The van der Waals surface area contributed by atoms with Crippen molar-refractivity contribution >= 4 is 34.1 Å². The molecule has 156 valence electrons. The molecule has 2 aromatic heterocycles. The number of hydrogen-bond acceptors (Lipinski definition) is 7. The van der Waals surface area contributed by atoms with Crippen LogP contribution in [0.15, 0.2) is 22.6 Å². The normalized spacial score (nSPS) is 14.7. The second-order valence-corrected chi connectivity index (χ2v) is 7.92. The summed E-state index contributed by atoms with van der Waals surface area (Å²) in [6.07, 6.45) is 0. The number of amides is 2. The maximum Gasteiger partial charge on any atom is 0.348 e. The third kappa shape index (κ3) is 5.24. The predicted octanol–water partition coefficient (Wildman–Crippen LogP) is 2.53. The van der Waals surface area contributed by atoms with Crippen LogP contribution in [0, 0.1) is 13.8 Å². The summed E-state index contributed by atoms with van der Waals surface area (Å²) in [6, 6.07) is 5.23. The van der Waals surface area contributed by atoms with E-state index in [1.165, 1.54) is 11.3 Å². The number of anilines is 1. The molecule has 0 unspecified atom stereocenters. The number of thiophene rings is 1. The molecule has 0 spiro atoms. The van der Waals surface area contributed by atoms with E-state index in [1.807, 2.05) is 11.8 Å². The largest absolute Gasteiger partial charge is 0.462 e. The highest BCUT2D eigenvalue weighted by Gasteiger charge is 2.25. The molecule has 3 heterocycles. The number of carbonyl (C=O) groups excluding carboxylic acids is 3. The summed E-state index contributed by atoms with van der Waals surface area (Å²) in [6.45, 7) is 8.21. The second kappa shape index (κ2) is 9.23. The molecule has 0 atom stereocenters. The van der Waals surface area contributed by atoms with Gasteiger partial charge in [-0.2, -0.15) is 0 Å². The molecule has 2 aromatic rings. The number of hydrogen-bond donors (Lipinski definition) is 1. The molecule has 0 radical (unpaired) electrons. The fraction of sp³-hybridized carbons (Fsp3) is 0.450. The fourth-order valence-corrected chi connectivity index (χ4v) is 4.12. The molecule has 0 aromatic carbocycles. The van der Waals surface area contributed by atoms with Crippen LogP contribution in [0.4, 0.5) is 5.00 Å². The number of piperazine rings is 1. The average Bonchev–Trinajstić information content (AvgIpc) is 3.27. The Morgan fingerprint density at radius 2 is 1.90 bits per heavy atom. The predicted molar refractivity (Wildman–Crippen MR) is 109 cm³/mol. The zero-order valence-corrected chi connectivity index (χ0v) is 17.6. The van der Waals surface area contributed by atoms with Gasteiger partial charge < -0.3 is 19.4 Å². The zero-order valence-electron chi connectivity index (χ0n) is 16.8. The van der Waals surface area contributed by atoms with Crippen LogP contribution in [0.2, 0.25) is 0 Å². The minimum absolute atomic E-state index is 0.122. The van der Waals surface area contributed by atoms with Gasteiger partial charge in [0.15, 0.2) is 5.76 Å². The Morgan fingerprint density at radius 3 is 2.52 bits per heavy atom. The van der Waals surface area contributed by atoms with Crippen LogP contribution in [0.25, 0.3) is 0 Å². The number of rotatable bonds is 6. The summed E-state index contributed by atoms with van der Waals surface area (Å²) in [5.74, 6) is 0.409. The number of ether oxygens (including phenoxy) is 1. The van der Waals surface area contributed by atoms with Gasteiger partial charge in [-0.05, 0) is 44.5 Å². The molecule has 1 aliphatic rings. The first-order valence-electron chi connectivity index (χ1n) is 9.53. The lowest BCUT2D eigenvalue weighted by atomic mass is 10.2. The van der Waals surface area contributed by atoms with Gasteiger partial charge in [0, 0.05) is 26.2 Å². The smallest absolute Gasteiger partial charge is 0.348 e. The third-order valence-corrected chi connectivity index (χ3v) is 5.75. The van der Waals surface area contributed by atoms with Gasteiger partial charge in [-0.1, -0.05) is 0 Å². The minimum Gasteiger partial charge on any atom is -0.462 e. The first-order chi connectivity index (χ1) is 13.9. The molecule has 29 heavy (non-hydrogen) atoms. The van der Waals surface area contributed by atoms with Crippen LogP contribution < -0.4 is 5.32 Å². The van der Waals surface area contributed by atoms with Crippen molar-refractivity contribution in [1.82, 2.24) is 9.80 Å². The van der Waals surface area contributed by atoms with E-state index < -0.39 is 0 Å². The molecule has 1 fully saturated rings. The van der Waals surface area contributed by atoms with Crippen LogP contribution in [-0.4, -0.2) is 66.9 Å². The van der Waals surface area contributed by atoms with Crippen molar-refractivity contribution in [3.05, 3.63) is 40.2 Å². The van der Waals surface area contributed by atoms with Gasteiger partial charge in [0.1, 0.15) is 10.6 Å². The van der Waals surface area contributed by atoms with Crippen LogP contribution in [0.5, 0.6) is 0 Å². The summed E-state index contributed by atoms with van der Waals surface area (Å²) >= 11 is 1.21. The summed E-state index contributed by atoms with van der Waals surface area (Å²) in [7, 11) is 0. The van der Waals surface area contributed by atoms with Crippen LogP contribution in [0.3, 0.4) is 0 Å². The lowest BCUT2D eigenvalue weighted by Gasteiger charge is -2.33. The van der Waals surface area contributed by atoms with E-state index in [0.717, 1.165) is 5.56 Å². The number of nitrogens with one attached hydrogen (secondary N) is 1. The Kier molecular flexibility index (Phi) is 6.71. The van der Waals surface area contributed by atoms with Gasteiger partial charge >= 0.3 is 5.97 Å². The molecule has 0 saturated carbocycles. The molecule has 3 rings (SSSR count). The van der Waals surface area contributed by atoms with Gasteiger partial charge in [-0.15, -0.1) is 11.3 Å². The van der Waals surface area contributed by atoms with Gasteiger partial charge in [0.05, 0.1) is 18.2 Å². The molecule has 1 aliphatic heterocycles. The average molecular weight is 420 g/mol. The second-order valence-electron chi connectivity index (χ2n) is 6.87. The quantitative estimate of drug-likeness (QED) is 0.724. The molecule has 2 amide bonds. The summed E-state index contributed by atoms with van der Waals surface area (Å²) in [5, 5.41) is 3.47. The standard InChI is InChI=1S/C20H25N3O5S/c1-4-27-20(26)18-13(2)11-17(29-18)21-16(24)12-22-7-9-23(10-8-22)19(25)15-6-5-14(3)28-15/h5-6,11H,4,7-10,12H2,1-3H3,(H,21,24). The van der Waals surface area contributed by atoms with Crippen LogP contribution in [0.1, 0.15) is 38.5 Å². The maximum atomic E-state index is 12.4. The SMILES string of the molecule is CCOC(=O)c1sc(NC(=O)CN2CCN(C(=O)c3ccc(C)o3)CC2)cc1C.